The number of nitrogens with one attached hydrogen (secondary N) is 2. The molecule has 0 saturated heterocycles. The van der Waals surface area contributed by atoms with E-state index in [1.807, 2.05) is 32.0 Å². The van der Waals surface area contributed by atoms with Crippen molar-refractivity contribution in [2.45, 2.75) is 26.3 Å². The third-order valence-electron chi connectivity index (χ3n) is 6.05. The van der Waals surface area contributed by atoms with E-state index in [-0.39, 0.29) is 12.3 Å². The van der Waals surface area contributed by atoms with Gasteiger partial charge in [0, 0.05) is 11.3 Å². The van der Waals surface area contributed by atoms with Gasteiger partial charge in [0.05, 0.1) is 32.0 Å². The second-order valence-electron chi connectivity index (χ2n) is 8.32. The van der Waals surface area contributed by atoms with E-state index in [9.17, 15) is 14.4 Å². The van der Waals surface area contributed by atoms with Crippen LogP contribution in [-0.4, -0.2) is 38.0 Å². The number of amides is 3. The number of nitrogens with zero attached hydrogens (tertiary/aromatic N) is 1. The van der Waals surface area contributed by atoms with Gasteiger partial charge in [0.1, 0.15) is 6.04 Å². The number of rotatable bonds is 6. The van der Waals surface area contributed by atoms with E-state index < -0.39 is 17.9 Å². The number of hydrogen-bond acceptors (Lipinski definition) is 5. The summed E-state index contributed by atoms with van der Waals surface area (Å²) in [5.41, 5.74) is 4.09. The largest absolute Gasteiger partial charge is 0.493 e. The van der Waals surface area contributed by atoms with Gasteiger partial charge in [-0.15, -0.1) is 0 Å². The Morgan fingerprint density at radius 2 is 1.69 bits per heavy atom. The summed E-state index contributed by atoms with van der Waals surface area (Å²) in [7, 11) is 2.99. The van der Waals surface area contributed by atoms with Crippen molar-refractivity contribution in [2.75, 3.05) is 29.8 Å². The molecule has 3 aromatic rings. The van der Waals surface area contributed by atoms with Crippen molar-refractivity contribution in [1.29, 1.82) is 0 Å². The quantitative estimate of drug-likeness (QED) is 0.556. The van der Waals surface area contributed by atoms with Crippen molar-refractivity contribution >= 4 is 34.8 Å². The summed E-state index contributed by atoms with van der Waals surface area (Å²) in [6, 6.07) is 16.3. The Balaban J connectivity index is 1.67. The van der Waals surface area contributed by atoms with Gasteiger partial charge in [-0.05, 0) is 67.4 Å². The van der Waals surface area contributed by atoms with Gasteiger partial charge in [0.15, 0.2) is 11.5 Å². The van der Waals surface area contributed by atoms with Crippen LogP contribution in [0.2, 0.25) is 0 Å². The van der Waals surface area contributed by atoms with Crippen molar-refractivity contribution in [2.24, 2.45) is 0 Å². The predicted octanol–water partition coefficient (Wildman–Crippen LogP) is 4.32. The first-order valence-electron chi connectivity index (χ1n) is 11.1. The number of hydrogen-bond donors (Lipinski definition) is 2. The summed E-state index contributed by atoms with van der Waals surface area (Å²) < 4.78 is 10.6. The molecular formula is C27H27N3O5. The van der Waals surface area contributed by atoms with Crippen LogP contribution in [0.1, 0.15) is 27.9 Å². The number of ether oxygens (including phenoxy) is 2. The zero-order chi connectivity index (χ0) is 25.1. The molecule has 4 rings (SSSR count). The number of anilines is 3. The third kappa shape index (κ3) is 4.82. The molecule has 0 aliphatic carbocycles. The van der Waals surface area contributed by atoms with Crippen molar-refractivity contribution in [1.82, 2.24) is 0 Å². The van der Waals surface area contributed by atoms with Gasteiger partial charge in [-0.25, -0.2) is 0 Å². The first-order chi connectivity index (χ1) is 16.8. The molecule has 35 heavy (non-hydrogen) atoms. The molecule has 3 amide bonds. The highest BCUT2D eigenvalue weighted by molar-refractivity contribution is 6.18. The highest BCUT2D eigenvalue weighted by Gasteiger charge is 2.38. The zero-order valence-corrected chi connectivity index (χ0v) is 20.0. The Labute approximate surface area is 203 Å². The van der Waals surface area contributed by atoms with Crippen molar-refractivity contribution in [3.05, 3.63) is 77.4 Å². The van der Waals surface area contributed by atoms with Gasteiger partial charge in [-0.2, -0.15) is 0 Å². The SMILES string of the molecule is COc1ccc(C(=O)N2c3ccccc3NC(=O)[C@@H]2CC(=O)Nc2ccc(C)c(C)c2)cc1OC. The Bertz CT molecular complexity index is 1300. The lowest BCUT2D eigenvalue weighted by Gasteiger charge is -2.36. The molecule has 8 nitrogen and oxygen atoms in total. The molecule has 3 aromatic carbocycles. The molecule has 0 saturated carbocycles. The minimum atomic E-state index is -1.04. The average Bonchev–Trinajstić information content (AvgIpc) is 2.85. The Hall–Kier alpha value is -4.33. The normalized spacial score (nSPS) is 14.6. The van der Waals surface area contributed by atoms with Gasteiger partial charge in [-0.3, -0.25) is 19.3 Å². The van der Waals surface area contributed by atoms with Gasteiger partial charge in [-0.1, -0.05) is 18.2 Å². The maximum atomic E-state index is 13.7. The van der Waals surface area contributed by atoms with E-state index in [1.54, 1.807) is 42.5 Å². The lowest BCUT2D eigenvalue weighted by atomic mass is 10.0. The summed E-state index contributed by atoms with van der Waals surface area (Å²) in [6.07, 6.45) is -0.216. The van der Waals surface area contributed by atoms with Crippen molar-refractivity contribution in [3.8, 4) is 11.5 Å². The van der Waals surface area contributed by atoms with Crippen LogP contribution in [-0.2, 0) is 9.59 Å². The highest BCUT2D eigenvalue weighted by atomic mass is 16.5. The summed E-state index contributed by atoms with van der Waals surface area (Å²) in [5.74, 6) is -0.384. The maximum absolute atomic E-state index is 13.7. The van der Waals surface area contributed by atoms with Crippen LogP contribution < -0.4 is 25.0 Å². The first kappa shape index (κ1) is 23.8. The molecule has 1 heterocycles. The third-order valence-corrected chi connectivity index (χ3v) is 6.05. The lowest BCUT2D eigenvalue weighted by molar-refractivity contribution is -0.122. The topological polar surface area (TPSA) is 97.0 Å². The van der Waals surface area contributed by atoms with E-state index in [1.165, 1.54) is 19.1 Å². The Morgan fingerprint density at radius 1 is 0.943 bits per heavy atom. The van der Waals surface area contributed by atoms with Crippen LogP contribution >= 0.6 is 0 Å². The number of aryl methyl sites for hydroxylation is 2. The predicted molar refractivity (Wildman–Crippen MR) is 134 cm³/mol. The second kappa shape index (κ2) is 9.89. The van der Waals surface area contributed by atoms with Crippen LogP contribution in [0.25, 0.3) is 0 Å². The van der Waals surface area contributed by atoms with Crippen molar-refractivity contribution in [3.63, 3.8) is 0 Å². The average molecular weight is 474 g/mol. The van der Waals surface area contributed by atoms with Gasteiger partial charge < -0.3 is 20.1 Å². The molecule has 0 aromatic heterocycles. The molecular weight excluding hydrogens is 446 g/mol. The summed E-state index contributed by atoms with van der Waals surface area (Å²) >= 11 is 0. The van der Waals surface area contributed by atoms with Gasteiger partial charge in [0.2, 0.25) is 11.8 Å². The van der Waals surface area contributed by atoms with Crippen LogP contribution in [0.5, 0.6) is 11.5 Å². The van der Waals surface area contributed by atoms with Crippen molar-refractivity contribution < 1.29 is 23.9 Å². The number of methoxy groups -OCH3 is 2. The Morgan fingerprint density at radius 3 is 2.40 bits per heavy atom. The van der Waals surface area contributed by atoms with Gasteiger partial charge in [0.25, 0.3) is 5.91 Å². The van der Waals surface area contributed by atoms with E-state index >= 15 is 0 Å². The fraction of sp³-hybridized carbons (Fsp3) is 0.222. The molecule has 1 aliphatic rings. The lowest BCUT2D eigenvalue weighted by Crippen LogP contribution is -2.52. The summed E-state index contributed by atoms with van der Waals surface area (Å²) in [5, 5.41) is 5.66. The smallest absolute Gasteiger partial charge is 0.259 e. The van der Waals surface area contributed by atoms with Gasteiger partial charge >= 0.3 is 0 Å². The van der Waals surface area contributed by atoms with E-state index in [2.05, 4.69) is 10.6 Å². The van der Waals surface area contributed by atoms with Crippen LogP contribution in [0.4, 0.5) is 17.1 Å². The van der Waals surface area contributed by atoms with E-state index in [0.717, 1.165) is 11.1 Å². The first-order valence-corrected chi connectivity index (χ1v) is 11.1. The molecule has 0 radical (unpaired) electrons. The molecule has 8 heteroatoms. The minimum Gasteiger partial charge on any atom is -0.493 e. The molecule has 2 N–H and O–H groups in total. The van der Waals surface area contributed by atoms with Crippen LogP contribution in [0.3, 0.4) is 0 Å². The van der Waals surface area contributed by atoms with E-state index in [0.29, 0.717) is 34.1 Å². The number of carbonyl (C=O) groups is 3. The number of benzene rings is 3. The molecule has 1 atom stereocenters. The summed E-state index contributed by atoms with van der Waals surface area (Å²) in [4.78, 5) is 41.1. The van der Waals surface area contributed by atoms with Crippen LogP contribution in [0.15, 0.2) is 60.7 Å². The molecule has 0 unspecified atom stereocenters. The number of carbonyl (C=O) groups excluding carboxylic acids is 3. The van der Waals surface area contributed by atoms with Crippen LogP contribution in [0, 0.1) is 13.8 Å². The monoisotopic (exact) mass is 473 g/mol. The summed E-state index contributed by atoms with van der Waals surface area (Å²) in [6.45, 7) is 3.95. The maximum Gasteiger partial charge on any atom is 0.259 e. The second-order valence-corrected chi connectivity index (χ2v) is 8.32. The molecule has 0 bridgehead atoms. The molecule has 1 aliphatic heterocycles. The number of para-hydroxylation sites is 2. The molecule has 0 fully saturated rings. The highest BCUT2D eigenvalue weighted by Crippen LogP contribution is 2.35. The minimum absolute atomic E-state index is 0.216. The molecule has 180 valence electrons. The van der Waals surface area contributed by atoms with E-state index in [4.69, 9.17) is 9.47 Å². The Kier molecular flexibility index (Phi) is 6.73. The zero-order valence-electron chi connectivity index (χ0n) is 20.0. The number of fused-ring (bicyclic) bond motifs is 1. The fourth-order valence-corrected chi connectivity index (χ4v) is 4.04. The fourth-order valence-electron chi connectivity index (χ4n) is 4.04. The standard InChI is InChI=1S/C27H27N3O5/c1-16-9-11-19(13-17(16)2)28-25(31)15-22-26(32)29-20-7-5-6-8-21(20)30(22)27(33)18-10-12-23(34-3)24(14-18)35-4/h5-14,22H,15H2,1-4H3,(H,28,31)(H,29,32)/t22-/m0/s1. The molecule has 0 spiro atoms.